The van der Waals surface area contributed by atoms with Crippen LogP contribution in [0, 0.1) is 16.7 Å². The van der Waals surface area contributed by atoms with E-state index in [1.54, 1.807) is 6.07 Å². The quantitative estimate of drug-likeness (QED) is 0.816. The lowest BCUT2D eigenvalue weighted by molar-refractivity contribution is -0.194. The molecule has 1 aromatic heterocycles. The predicted molar refractivity (Wildman–Crippen MR) is 74.8 cm³/mol. The number of rotatable bonds is 4. The molecule has 2 aromatic rings. The van der Waals surface area contributed by atoms with Gasteiger partial charge in [-0.25, -0.2) is 0 Å². The van der Waals surface area contributed by atoms with E-state index in [9.17, 15) is 26.3 Å². The molecule has 1 saturated carbocycles. The molecule has 0 saturated heterocycles. The van der Waals surface area contributed by atoms with Crippen LogP contribution >= 0.6 is 0 Å². The molecule has 0 amide bonds. The third-order valence-electron chi connectivity index (χ3n) is 4.13. The highest BCUT2D eigenvalue weighted by atomic mass is 19.4. The molecule has 0 radical (unpaired) electrons. The molecule has 1 aliphatic rings. The minimum absolute atomic E-state index is 0.135. The fraction of sp³-hybridized carbons (Fsp3) is 0.400. The molecule has 1 N–H and O–H groups in total. The SMILES string of the molecule is N#Cc1n[nH]nc1-c1cc(OCC2(C(F)(F)F)CC2)cc(C(F)(F)F)c1. The van der Waals surface area contributed by atoms with Gasteiger partial charge in [0.1, 0.15) is 29.5 Å². The van der Waals surface area contributed by atoms with E-state index in [1.165, 1.54) is 0 Å². The first kappa shape index (κ1) is 18.0. The van der Waals surface area contributed by atoms with E-state index in [1.807, 2.05) is 0 Å². The van der Waals surface area contributed by atoms with Gasteiger partial charge in [0, 0.05) is 5.56 Å². The highest BCUT2D eigenvalue weighted by Crippen LogP contribution is 2.57. The summed E-state index contributed by atoms with van der Waals surface area (Å²) in [5, 5.41) is 18.2. The predicted octanol–water partition coefficient (Wildman–Crippen LogP) is 4.08. The van der Waals surface area contributed by atoms with Gasteiger partial charge in [-0.15, -0.1) is 5.10 Å². The zero-order chi connectivity index (χ0) is 19.2. The highest BCUT2D eigenvalue weighted by Gasteiger charge is 2.63. The fourth-order valence-electron chi connectivity index (χ4n) is 2.37. The van der Waals surface area contributed by atoms with E-state index in [2.05, 4.69) is 15.4 Å². The molecule has 1 fully saturated rings. The van der Waals surface area contributed by atoms with Crippen molar-refractivity contribution in [1.29, 1.82) is 5.26 Å². The van der Waals surface area contributed by atoms with Gasteiger partial charge in [-0.3, -0.25) is 0 Å². The van der Waals surface area contributed by atoms with E-state index >= 15 is 0 Å². The molecule has 26 heavy (non-hydrogen) atoms. The maximum absolute atomic E-state index is 13.1. The molecular weight excluding hydrogens is 366 g/mol. The largest absolute Gasteiger partial charge is 0.493 e. The topological polar surface area (TPSA) is 74.6 Å². The van der Waals surface area contributed by atoms with Gasteiger partial charge in [0.05, 0.1) is 5.56 Å². The number of aromatic amines is 1. The Kier molecular flexibility index (Phi) is 4.09. The molecule has 1 aromatic carbocycles. The summed E-state index contributed by atoms with van der Waals surface area (Å²) in [6, 6.07) is 4.10. The average Bonchev–Trinajstić information content (AvgIpc) is 3.21. The summed E-state index contributed by atoms with van der Waals surface area (Å²) in [7, 11) is 0. The number of alkyl halides is 6. The molecule has 0 atom stereocenters. The summed E-state index contributed by atoms with van der Waals surface area (Å²) in [5.41, 5.74) is -3.69. The third kappa shape index (κ3) is 3.31. The normalized spacial score (nSPS) is 16.2. The van der Waals surface area contributed by atoms with Gasteiger partial charge < -0.3 is 4.74 Å². The van der Waals surface area contributed by atoms with E-state index < -0.39 is 35.7 Å². The number of aromatic nitrogens is 3. The molecule has 1 heterocycles. The maximum Gasteiger partial charge on any atom is 0.416 e. The summed E-state index contributed by atoms with van der Waals surface area (Å²) in [5.74, 6) is -0.391. The molecule has 0 aliphatic heterocycles. The number of nitrogens with one attached hydrogen (secondary N) is 1. The van der Waals surface area contributed by atoms with Crippen molar-refractivity contribution in [2.45, 2.75) is 25.2 Å². The van der Waals surface area contributed by atoms with Crippen LogP contribution in [0.3, 0.4) is 0 Å². The number of H-pyrrole nitrogens is 1. The summed E-state index contributed by atoms with van der Waals surface area (Å²) in [6.07, 6.45) is -9.52. The van der Waals surface area contributed by atoms with Crippen LogP contribution in [0.4, 0.5) is 26.3 Å². The van der Waals surface area contributed by atoms with Crippen molar-refractivity contribution in [3.8, 4) is 23.1 Å². The Balaban J connectivity index is 1.95. The Morgan fingerprint density at radius 3 is 2.35 bits per heavy atom. The lowest BCUT2D eigenvalue weighted by Gasteiger charge is -2.20. The van der Waals surface area contributed by atoms with Crippen LogP contribution in [0.2, 0.25) is 0 Å². The van der Waals surface area contributed by atoms with Crippen LogP contribution < -0.4 is 4.74 Å². The third-order valence-corrected chi connectivity index (χ3v) is 4.13. The summed E-state index contributed by atoms with van der Waals surface area (Å²) in [6.45, 7) is -0.777. The van der Waals surface area contributed by atoms with E-state index in [0.717, 1.165) is 12.1 Å². The van der Waals surface area contributed by atoms with Gasteiger partial charge in [0.15, 0.2) is 5.69 Å². The Morgan fingerprint density at radius 1 is 1.12 bits per heavy atom. The second-order valence-electron chi connectivity index (χ2n) is 5.94. The van der Waals surface area contributed by atoms with Crippen molar-refractivity contribution in [3.05, 3.63) is 29.5 Å². The Bertz CT molecular complexity index is 860. The number of nitriles is 1. The lowest BCUT2D eigenvalue weighted by atomic mass is 10.1. The fourth-order valence-corrected chi connectivity index (χ4v) is 2.37. The van der Waals surface area contributed by atoms with Gasteiger partial charge in [-0.1, -0.05) is 0 Å². The van der Waals surface area contributed by atoms with Crippen LogP contribution in [0.1, 0.15) is 24.1 Å². The second kappa shape index (κ2) is 5.89. The monoisotopic (exact) mass is 376 g/mol. The first-order valence-electron chi connectivity index (χ1n) is 7.29. The molecule has 11 heteroatoms. The van der Waals surface area contributed by atoms with Gasteiger partial charge >= 0.3 is 12.4 Å². The molecular formula is C15H10F6N4O. The first-order valence-corrected chi connectivity index (χ1v) is 7.29. The Labute approximate surface area is 142 Å². The first-order chi connectivity index (χ1) is 12.1. The average molecular weight is 376 g/mol. The number of nitrogens with zero attached hydrogens (tertiary/aromatic N) is 3. The van der Waals surface area contributed by atoms with Gasteiger partial charge in [0.2, 0.25) is 0 Å². The molecule has 3 rings (SSSR count). The van der Waals surface area contributed by atoms with Crippen LogP contribution in [-0.4, -0.2) is 28.2 Å². The molecule has 0 spiro atoms. The smallest absolute Gasteiger partial charge is 0.416 e. The number of ether oxygens (including phenoxy) is 1. The van der Waals surface area contributed by atoms with Crippen LogP contribution in [0.5, 0.6) is 5.75 Å². The summed E-state index contributed by atoms with van der Waals surface area (Å²) in [4.78, 5) is 0. The number of halogens is 6. The van der Waals surface area contributed by atoms with Crippen LogP contribution in [-0.2, 0) is 6.18 Å². The Hall–Kier alpha value is -2.77. The number of benzene rings is 1. The number of hydrogen-bond acceptors (Lipinski definition) is 4. The zero-order valence-corrected chi connectivity index (χ0v) is 12.9. The van der Waals surface area contributed by atoms with Gasteiger partial charge in [-0.05, 0) is 31.0 Å². The van der Waals surface area contributed by atoms with E-state index in [-0.39, 0.29) is 29.8 Å². The van der Waals surface area contributed by atoms with Crippen molar-refractivity contribution in [1.82, 2.24) is 15.4 Å². The van der Waals surface area contributed by atoms with E-state index in [4.69, 9.17) is 10.00 Å². The molecule has 138 valence electrons. The standard InChI is InChI=1S/C15H10F6N4O/c16-14(17,18)9-3-8(12-11(6-22)23-25-24-12)4-10(5-9)26-7-13(1-2-13)15(19,20)21/h3-5H,1-2,7H2,(H,23,24,25). The second-order valence-corrected chi connectivity index (χ2v) is 5.94. The van der Waals surface area contributed by atoms with Crippen molar-refractivity contribution in [2.75, 3.05) is 6.61 Å². The summed E-state index contributed by atoms with van der Waals surface area (Å²) >= 11 is 0. The van der Waals surface area contributed by atoms with Gasteiger partial charge in [0.25, 0.3) is 0 Å². The highest BCUT2D eigenvalue weighted by molar-refractivity contribution is 5.67. The molecule has 1 aliphatic carbocycles. The van der Waals surface area contributed by atoms with Crippen molar-refractivity contribution in [3.63, 3.8) is 0 Å². The molecule has 0 bridgehead atoms. The minimum Gasteiger partial charge on any atom is -0.493 e. The van der Waals surface area contributed by atoms with Gasteiger partial charge in [-0.2, -0.15) is 41.9 Å². The van der Waals surface area contributed by atoms with Crippen LogP contribution in [0.15, 0.2) is 18.2 Å². The van der Waals surface area contributed by atoms with E-state index in [0.29, 0.717) is 6.07 Å². The maximum atomic E-state index is 13.1. The molecule has 0 unspecified atom stereocenters. The minimum atomic E-state index is -4.76. The molecule has 5 nitrogen and oxygen atoms in total. The number of hydrogen-bond donors (Lipinski definition) is 1. The van der Waals surface area contributed by atoms with Crippen LogP contribution in [0.25, 0.3) is 11.3 Å². The van der Waals surface area contributed by atoms with Crippen molar-refractivity contribution < 1.29 is 31.1 Å². The lowest BCUT2D eigenvalue weighted by Crippen LogP contribution is -2.30. The van der Waals surface area contributed by atoms with Crippen molar-refractivity contribution >= 4 is 0 Å². The Morgan fingerprint density at radius 2 is 1.81 bits per heavy atom. The summed E-state index contributed by atoms with van der Waals surface area (Å²) < 4.78 is 83.2. The van der Waals surface area contributed by atoms with Crippen molar-refractivity contribution in [2.24, 2.45) is 5.41 Å². The zero-order valence-electron chi connectivity index (χ0n) is 12.9.